The molecule has 0 saturated heterocycles. The highest BCUT2D eigenvalue weighted by molar-refractivity contribution is 9.10. The Balaban J connectivity index is 2.82. The van der Waals surface area contributed by atoms with Crippen LogP contribution in [0.25, 0.3) is 10.9 Å². The molecule has 2 rings (SSSR count). The number of benzene rings is 1. The summed E-state index contributed by atoms with van der Waals surface area (Å²) >= 11 is 3.08. The number of ether oxygens (including phenoxy) is 1. The number of halogens is 3. The first kappa shape index (κ1) is 10.3. The van der Waals surface area contributed by atoms with Crippen molar-refractivity contribution in [1.82, 2.24) is 4.98 Å². The molecule has 5 heteroatoms. The lowest BCUT2D eigenvalue weighted by Gasteiger charge is -2.05. The van der Waals surface area contributed by atoms with Crippen LogP contribution in [0.15, 0.2) is 22.8 Å². The van der Waals surface area contributed by atoms with E-state index in [1.165, 1.54) is 19.2 Å². The van der Waals surface area contributed by atoms with Crippen LogP contribution in [-0.4, -0.2) is 12.1 Å². The smallest absolute Gasteiger partial charge is 0.167 e. The van der Waals surface area contributed by atoms with Gasteiger partial charge in [-0.25, -0.2) is 8.78 Å². The number of pyridine rings is 1. The second-order valence-electron chi connectivity index (χ2n) is 2.92. The summed E-state index contributed by atoms with van der Waals surface area (Å²) in [5, 5.41) is 0.480. The van der Waals surface area contributed by atoms with Crippen molar-refractivity contribution < 1.29 is 13.5 Å². The predicted octanol–water partition coefficient (Wildman–Crippen LogP) is 3.28. The van der Waals surface area contributed by atoms with E-state index in [2.05, 4.69) is 20.9 Å². The first-order valence-electron chi connectivity index (χ1n) is 4.10. The maximum absolute atomic E-state index is 13.3. The van der Waals surface area contributed by atoms with Crippen LogP contribution in [0, 0.1) is 11.6 Å². The highest BCUT2D eigenvalue weighted by atomic mass is 79.9. The lowest BCUT2D eigenvalue weighted by molar-refractivity contribution is 0.387. The quantitative estimate of drug-likeness (QED) is 0.796. The topological polar surface area (TPSA) is 22.1 Å². The summed E-state index contributed by atoms with van der Waals surface area (Å²) in [7, 11) is 1.35. The minimum atomic E-state index is -0.518. The molecule has 1 aromatic carbocycles. The molecule has 0 aliphatic rings. The molecular weight excluding hydrogens is 268 g/mol. The van der Waals surface area contributed by atoms with Gasteiger partial charge >= 0.3 is 0 Å². The second kappa shape index (κ2) is 3.73. The van der Waals surface area contributed by atoms with Gasteiger partial charge in [-0.05, 0) is 22.0 Å². The molecule has 0 spiro atoms. The number of nitrogens with zero attached hydrogens (tertiary/aromatic N) is 1. The van der Waals surface area contributed by atoms with Crippen LogP contribution in [0.5, 0.6) is 5.75 Å². The molecule has 1 heterocycles. The fourth-order valence-corrected chi connectivity index (χ4v) is 1.71. The van der Waals surface area contributed by atoms with Crippen molar-refractivity contribution in [2.24, 2.45) is 0 Å². The molecule has 0 amide bonds. The third kappa shape index (κ3) is 1.67. The molecule has 0 unspecified atom stereocenters. The van der Waals surface area contributed by atoms with Crippen LogP contribution in [-0.2, 0) is 0 Å². The Morgan fingerprint density at radius 2 is 2.00 bits per heavy atom. The molecule has 0 fully saturated rings. The number of methoxy groups -OCH3 is 1. The van der Waals surface area contributed by atoms with E-state index < -0.39 is 11.6 Å². The van der Waals surface area contributed by atoms with Gasteiger partial charge in [0.25, 0.3) is 0 Å². The fourth-order valence-electron chi connectivity index (χ4n) is 1.29. The monoisotopic (exact) mass is 273 g/mol. The minimum absolute atomic E-state index is 0.0654. The van der Waals surface area contributed by atoms with Crippen LogP contribution in [0.1, 0.15) is 0 Å². The van der Waals surface area contributed by atoms with Crippen molar-refractivity contribution in [3.05, 3.63) is 34.4 Å². The zero-order valence-electron chi connectivity index (χ0n) is 7.72. The Bertz CT molecular complexity index is 530. The summed E-state index contributed by atoms with van der Waals surface area (Å²) in [5.74, 6) is -0.942. The fraction of sp³-hybridized carbons (Fsp3) is 0.100. The van der Waals surface area contributed by atoms with Gasteiger partial charge in [-0.3, -0.25) is 4.98 Å². The van der Waals surface area contributed by atoms with Crippen molar-refractivity contribution in [1.29, 1.82) is 0 Å². The molecule has 0 radical (unpaired) electrons. The molecule has 78 valence electrons. The van der Waals surface area contributed by atoms with Gasteiger partial charge in [0.15, 0.2) is 17.4 Å². The summed E-state index contributed by atoms with van der Waals surface area (Å²) in [6, 6.07) is 2.61. The van der Waals surface area contributed by atoms with Crippen LogP contribution in [0.3, 0.4) is 0 Å². The zero-order valence-corrected chi connectivity index (χ0v) is 9.31. The van der Waals surface area contributed by atoms with E-state index in [9.17, 15) is 8.78 Å². The number of rotatable bonds is 1. The van der Waals surface area contributed by atoms with Crippen molar-refractivity contribution in [3.8, 4) is 5.75 Å². The predicted molar refractivity (Wildman–Crippen MR) is 55.9 cm³/mol. The normalized spacial score (nSPS) is 10.7. The van der Waals surface area contributed by atoms with Gasteiger partial charge in [-0.15, -0.1) is 0 Å². The Morgan fingerprint density at radius 3 is 2.67 bits per heavy atom. The highest BCUT2D eigenvalue weighted by Gasteiger charge is 2.10. The summed E-state index contributed by atoms with van der Waals surface area (Å²) in [6.07, 6.45) is 1.04. The molecule has 2 aromatic rings. The van der Waals surface area contributed by atoms with E-state index in [0.29, 0.717) is 10.9 Å². The molecule has 2 nitrogen and oxygen atoms in total. The van der Waals surface area contributed by atoms with E-state index in [-0.39, 0.29) is 10.2 Å². The van der Waals surface area contributed by atoms with Crippen LogP contribution in [0.4, 0.5) is 8.78 Å². The molecule has 0 aliphatic carbocycles. The van der Waals surface area contributed by atoms with Crippen molar-refractivity contribution in [3.63, 3.8) is 0 Å². The van der Waals surface area contributed by atoms with E-state index in [1.54, 1.807) is 0 Å². The molecule has 1 aromatic heterocycles. The first-order chi connectivity index (χ1) is 7.13. The maximum atomic E-state index is 13.3. The molecule has 0 N–H and O–H groups in total. The van der Waals surface area contributed by atoms with Gasteiger partial charge in [0.05, 0.1) is 23.3 Å². The molecule has 0 bridgehead atoms. The summed E-state index contributed by atoms with van der Waals surface area (Å²) in [5.41, 5.74) is 0.376. The van der Waals surface area contributed by atoms with E-state index >= 15 is 0 Å². The van der Waals surface area contributed by atoms with Crippen molar-refractivity contribution >= 4 is 26.8 Å². The highest BCUT2D eigenvalue weighted by Crippen LogP contribution is 2.30. The first-order valence-corrected chi connectivity index (χ1v) is 4.90. The third-order valence-electron chi connectivity index (χ3n) is 2.03. The average Bonchev–Trinajstić information content (AvgIpc) is 2.23. The zero-order chi connectivity index (χ0) is 11.0. The standard InChI is InChI=1S/C10H6BrF2NO/c1-15-9-2-5-8(3-6(9)12)14-4-7(13)10(5)11/h2-4H,1H3. The van der Waals surface area contributed by atoms with Gasteiger partial charge in [-0.1, -0.05) is 0 Å². The second-order valence-corrected chi connectivity index (χ2v) is 3.72. The van der Waals surface area contributed by atoms with Gasteiger partial charge in [0.2, 0.25) is 0 Å². The van der Waals surface area contributed by atoms with Gasteiger partial charge in [0, 0.05) is 11.5 Å². The maximum Gasteiger partial charge on any atom is 0.167 e. The Labute approximate surface area is 93.0 Å². The van der Waals surface area contributed by atoms with E-state index in [1.807, 2.05) is 0 Å². The minimum Gasteiger partial charge on any atom is -0.494 e. The lowest BCUT2D eigenvalue weighted by Crippen LogP contribution is -1.91. The SMILES string of the molecule is COc1cc2c(Br)c(F)cnc2cc1F. The summed E-state index contributed by atoms with van der Waals surface area (Å²) < 4.78 is 31.5. The molecular formula is C10H6BrF2NO. The number of fused-ring (bicyclic) bond motifs is 1. The Morgan fingerprint density at radius 1 is 1.27 bits per heavy atom. The third-order valence-corrected chi connectivity index (χ3v) is 2.84. The number of aromatic nitrogens is 1. The van der Waals surface area contributed by atoms with Gasteiger partial charge in [0.1, 0.15) is 0 Å². The van der Waals surface area contributed by atoms with E-state index in [0.717, 1.165) is 6.20 Å². The van der Waals surface area contributed by atoms with Crippen LogP contribution < -0.4 is 4.74 Å². The van der Waals surface area contributed by atoms with Crippen LogP contribution in [0.2, 0.25) is 0 Å². The Hall–Kier alpha value is -1.23. The number of hydrogen-bond acceptors (Lipinski definition) is 2. The van der Waals surface area contributed by atoms with Crippen LogP contribution >= 0.6 is 15.9 Å². The largest absolute Gasteiger partial charge is 0.494 e. The molecule has 0 saturated carbocycles. The van der Waals surface area contributed by atoms with Crippen molar-refractivity contribution in [2.75, 3.05) is 7.11 Å². The summed E-state index contributed by atoms with van der Waals surface area (Å²) in [4.78, 5) is 3.78. The Kier molecular flexibility index (Phi) is 2.56. The molecule has 15 heavy (non-hydrogen) atoms. The van der Waals surface area contributed by atoms with E-state index in [4.69, 9.17) is 4.74 Å². The number of hydrogen-bond donors (Lipinski definition) is 0. The summed E-state index contributed by atoms with van der Waals surface area (Å²) in [6.45, 7) is 0. The average molecular weight is 274 g/mol. The molecule has 0 atom stereocenters. The molecule has 0 aliphatic heterocycles. The lowest BCUT2D eigenvalue weighted by atomic mass is 10.2. The van der Waals surface area contributed by atoms with Crippen molar-refractivity contribution in [2.45, 2.75) is 0 Å². The van der Waals surface area contributed by atoms with Gasteiger partial charge < -0.3 is 4.74 Å². The van der Waals surface area contributed by atoms with Gasteiger partial charge in [-0.2, -0.15) is 0 Å².